The van der Waals surface area contributed by atoms with Crippen LogP contribution in [0.1, 0.15) is 10.4 Å². The van der Waals surface area contributed by atoms with Gasteiger partial charge in [0.1, 0.15) is 12.3 Å². The van der Waals surface area contributed by atoms with Gasteiger partial charge in [-0.15, -0.1) is 6.58 Å². The van der Waals surface area contributed by atoms with Gasteiger partial charge in [0, 0.05) is 12.1 Å². The predicted octanol–water partition coefficient (Wildman–Crippen LogP) is 2.43. The number of hydrogen-bond donors (Lipinski definition) is 0. The second kappa shape index (κ2) is 8.21. The van der Waals surface area contributed by atoms with Crippen LogP contribution in [0.3, 0.4) is 0 Å². The molecule has 0 aliphatic rings. The second-order valence-corrected chi connectivity index (χ2v) is 4.48. The van der Waals surface area contributed by atoms with Crippen LogP contribution in [-0.2, 0) is 9.53 Å². The van der Waals surface area contributed by atoms with Crippen LogP contribution < -0.4 is 4.74 Å². The lowest BCUT2D eigenvalue weighted by atomic mass is 10.2. The van der Waals surface area contributed by atoms with E-state index >= 15 is 0 Å². The van der Waals surface area contributed by atoms with Gasteiger partial charge in [0.2, 0.25) is 0 Å². The summed E-state index contributed by atoms with van der Waals surface area (Å²) in [6.07, 6.45) is -3.31. The third-order valence-electron chi connectivity index (χ3n) is 2.67. The molecule has 0 unspecified atom stereocenters. The van der Waals surface area contributed by atoms with Crippen LogP contribution in [0.15, 0.2) is 36.9 Å². The number of nitrogens with zero attached hydrogens (tertiary/aromatic N) is 1. The highest BCUT2D eigenvalue weighted by Crippen LogP contribution is 2.20. The maximum Gasteiger partial charge on any atom is 0.406 e. The first kappa shape index (κ1) is 18.5. The number of rotatable bonds is 7. The number of carbonyl (C=O) groups excluding carboxylic acids is 2. The Kier molecular flexibility index (Phi) is 6.62. The molecule has 23 heavy (non-hydrogen) atoms. The number of esters is 1. The Morgan fingerprint density at radius 2 is 2.04 bits per heavy atom. The molecule has 0 atom stereocenters. The molecular formula is C15H16F3NO4. The lowest BCUT2D eigenvalue weighted by Gasteiger charge is -2.22. The molecule has 0 heterocycles. The molecule has 0 fully saturated rings. The quantitative estimate of drug-likeness (QED) is 0.569. The summed E-state index contributed by atoms with van der Waals surface area (Å²) in [6.45, 7) is 1.35. The van der Waals surface area contributed by atoms with Crippen LogP contribution in [0.4, 0.5) is 13.2 Å². The van der Waals surface area contributed by atoms with Crippen molar-refractivity contribution in [2.45, 2.75) is 6.18 Å². The van der Waals surface area contributed by atoms with E-state index in [9.17, 15) is 22.8 Å². The Morgan fingerprint density at radius 1 is 1.35 bits per heavy atom. The fourth-order valence-electron chi connectivity index (χ4n) is 1.69. The molecule has 0 saturated heterocycles. The van der Waals surface area contributed by atoms with E-state index in [-0.39, 0.29) is 24.5 Å². The van der Waals surface area contributed by atoms with Crippen molar-refractivity contribution in [3.63, 3.8) is 0 Å². The fourth-order valence-corrected chi connectivity index (χ4v) is 1.69. The molecule has 1 amide bonds. The third-order valence-corrected chi connectivity index (χ3v) is 2.67. The van der Waals surface area contributed by atoms with Gasteiger partial charge in [0.15, 0.2) is 6.61 Å². The molecule has 0 aromatic heterocycles. The van der Waals surface area contributed by atoms with Crippen LogP contribution in [-0.4, -0.2) is 49.8 Å². The van der Waals surface area contributed by atoms with E-state index in [4.69, 9.17) is 4.74 Å². The van der Waals surface area contributed by atoms with Crippen molar-refractivity contribution in [3.8, 4) is 5.75 Å². The summed E-state index contributed by atoms with van der Waals surface area (Å²) >= 11 is 0. The first-order valence-corrected chi connectivity index (χ1v) is 6.53. The van der Waals surface area contributed by atoms with Crippen LogP contribution in [0.5, 0.6) is 5.75 Å². The number of carbonyl (C=O) groups is 2. The maximum atomic E-state index is 12.5. The molecule has 0 radical (unpaired) electrons. The van der Waals surface area contributed by atoms with E-state index in [2.05, 4.69) is 11.3 Å². The monoisotopic (exact) mass is 331 g/mol. The molecule has 1 aromatic carbocycles. The van der Waals surface area contributed by atoms with Gasteiger partial charge < -0.3 is 14.4 Å². The van der Waals surface area contributed by atoms with Gasteiger partial charge in [0.05, 0.1) is 7.11 Å². The highest BCUT2D eigenvalue weighted by Gasteiger charge is 2.32. The van der Waals surface area contributed by atoms with Crippen LogP contribution in [0.2, 0.25) is 0 Å². The van der Waals surface area contributed by atoms with Crippen molar-refractivity contribution in [2.24, 2.45) is 0 Å². The van der Waals surface area contributed by atoms with Crippen LogP contribution >= 0.6 is 0 Å². The summed E-state index contributed by atoms with van der Waals surface area (Å²) in [4.78, 5) is 23.8. The van der Waals surface area contributed by atoms with Crippen molar-refractivity contribution in [1.29, 1.82) is 0 Å². The fraction of sp³-hybridized carbons (Fsp3) is 0.333. The molecule has 1 rings (SSSR count). The minimum absolute atomic E-state index is 0.0125. The average Bonchev–Trinajstić information content (AvgIpc) is 2.50. The molecule has 0 aliphatic heterocycles. The summed E-state index contributed by atoms with van der Waals surface area (Å²) in [7, 11) is 1.19. The first-order chi connectivity index (χ1) is 10.8. The van der Waals surface area contributed by atoms with Crippen molar-refractivity contribution >= 4 is 11.9 Å². The first-order valence-electron chi connectivity index (χ1n) is 6.53. The Balaban J connectivity index is 2.88. The Bertz CT molecular complexity index is 572. The summed E-state index contributed by atoms with van der Waals surface area (Å²) < 4.78 is 47.1. The summed E-state index contributed by atoms with van der Waals surface area (Å²) in [5, 5.41) is 0. The second-order valence-electron chi connectivity index (χ2n) is 4.48. The van der Waals surface area contributed by atoms with Gasteiger partial charge in [-0.2, -0.15) is 13.2 Å². The number of halogens is 3. The minimum atomic E-state index is -4.52. The average molecular weight is 331 g/mol. The molecule has 0 spiro atoms. The Labute approximate surface area is 131 Å². The van der Waals surface area contributed by atoms with E-state index in [1.165, 1.54) is 37.5 Å². The SMILES string of the molecule is C=CCN(CC(F)(F)F)C(=O)c1cccc(OCC(=O)OC)c1. The Hall–Kier alpha value is -2.51. The highest BCUT2D eigenvalue weighted by molar-refractivity contribution is 5.94. The molecule has 0 N–H and O–H groups in total. The van der Waals surface area contributed by atoms with Gasteiger partial charge in [-0.05, 0) is 18.2 Å². The van der Waals surface area contributed by atoms with Crippen molar-refractivity contribution < 1.29 is 32.2 Å². The maximum absolute atomic E-state index is 12.5. The molecule has 0 aliphatic carbocycles. The lowest BCUT2D eigenvalue weighted by molar-refractivity contribution is -0.143. The van der Waals surface area contributed by atoms with Gasteiger partial charge in [-0.3, -0.25) is 4.79 Å². The zero-order chi connectivity index (χ0) is 17.5. The number of alkyl halides is 3. The number of amides is 1. The van der Waals surface area contributed by atoms with E-state index in [1.807, 2.05) is 0 Å². The van der Waals surface area contributed by atoms with E-state index in [0.29, 0.717) is 4.90 Å². The highest BCUT2D eigenvalue weighted by atomic mass is 19.4. The van der Waals surface area contributed by atoms with Crippen molar-refractivity contribution in [2.75, 3.05) is 26.8 Å². The smallest absolute Gasteiger partial charge is 0.406 e. The van der Waals surface area contributed by atoms with Crippen LogP contribution in [0, 0.1) is 0 Å². The number of benzene rings is 1. The van der Waals surface area contributed by atoms with E-state index in [0.717, 1.165) is 0 Å². The van der Waals surface area contributed by atoms with Gasteiger partial charge in [0.25, 0.3) is 5.91 Å². The molecule has 126 valence electrons. The van der Waals surface area contributed by atoms with Crippen molar-refractivity contribution in [1.82, 2.24) is 4.90 Å². The van der Waals surface area contributed by atoms with E-state index in [1.54, 1.807) is 0 Å². The molecule has 0 saturated carbocycles. The lowest BCUT2D eigenvalue weighted by Crippen LogP contribution is -2.39. The number of hydrogen-bond acceptors (Lipinski definition) is 4. The van der Waals surface area contributed by atoms with Gasteiger partial charge in [-0.1, -0.05) is 12.1 Å². The Morgan fingerprint density at radius 3 is 2.61 bits per heavy atom. The summed E-state index contributed by atoms with van der Waals surface area (Å²) in [6, 6.07) is 5.54. The molecule has 1 aromatic rings. The normalized spacial score (nSPS) is 10.8. The zero-order valence-electron chi connectivity index (χ0n) is 12.4. The molecular weight excluding hydrogens is 315 g/mol. The largest absolute Gasteiger partial charge is 0.482 e. The topological polar surface area (TPSA) is 55.8 Å². The van der Waals surface area contributed by atoms with Gasteiger partial charge in [-0.25, -0.2) is 4.79 Å². The molecule has 0 bridgehead atoms. The summed E-state index contributed by atoms with van der Waals surface area (Å²) in [5.74, 6) is -1.26. The van der Waals surface area contributed by atoms with Gasteiger partial charge >= 0.3 is 12.1 Å². The molecule has 8 heteroatoms. The predicted molar refractivity (Wildman–Crippen MR) is 76.1 cm³/mol. The van der Waals surface area contributed by atoms with E-state index < -0.39 is 24.6 Å². The number of ether oxygens (including phenoxy) is 2. The van der Waals surface area contributed by atoms with Crippen molar-refractivity contribution in [3.05, 3.63) is 42.5 Å². The number of methoxy groups -OCH3 is 1. The zero-order valence-corrected chi connectivity index (χ0v) is 12.4. The third kappa shape index (κ3) is 6.41. The summed E-state index contributed by atoms with van der Waals surface area (Å²) in [5.41, 5.74) is 0.0125. The molecule has 5 nitrogen and oxygen atoms in total. The standard InChI is InChI=1S/C15H16F3NO4/c1-3-7-19(10-15(16,17)18)14(21)11-5-4-6-12(8-11)23-9-13(20)22-2/h3-6,8H,1,7,9-10H2,2H3. The van der Waals surface area contributed by atoms with Crippen LogP contribution in [0.25, 0.3) is 0 Å². The minimum Gasteiger partial charge on any atom is -0.482 e.